The van der Waals surface area contributed by atoms with Crippen molar-refractivity contribution >= 4 is 12.2 Å². The Labute approximate surface area is 83.3 Å². The third kappa shape index (κ3) is 0.741. The van der Waals surface area contributed by atoms with Gasteiger partial charge < -0.3 is 0 Å². The van der Waals surface area contributed by atoms with Gasteiger partial charge in [-0.2, -0.15) is 0 Å². The van der Waals surface area contributed by atoms with Crippen molar-refractivity contribution < 1.29 is 0 Å². The van der Waals surface area contributed by atoms with Crippen molar-refractivity contribution in [3.8, 4) is 0 Å². The third-order valence-corrected chi connectivity index (χ3v) is 3.35. The summed E-state index contributed by atoms with van der Waals surface area (Å²) in [5.74, 6) is 0. The molecule has 4 rings (SSSR count). The fourth-order valence-electron chi connectivity index (χ4n) is 2.50. The summed E-state index contributed by atoms with van der Waals surface area (Å²) in [6, 6.07) is 0. The molecule has 0 fully saturated rings. The molecule has 0 amide bonds. The maximum Gasteiger partial charge on any atom is -0.00106 e. The first-order valence-electron chi connectivity index (χ1n) is 5.16. The summed E-state index contributed by atoms with van der Waals surface area (Å²) in [6.07, 6.45) is 15.5. The number of allylic oxidation sites excluding steroid dienone is 4. The molecule has 66 valence electrons. The molecule has 0 spiro atoms. The van der Waals surface area contributed by atoms with E-state index >= 15 is 0 Å². The van der Waals surface area contributed by atoms with E-state index in [1.807, 2.05) is 0 Å². The predicted octanol–water partition coefficient (Wildman–Crippen LogP) is 3.09. The van der Waals surface area contributed by atoms with Gasteiger partial charge in [-0.25, -0.2) is 0 Å². The van der Waals surface area contributed by atoms with Gasteiger partial charge in [-0.1, -0.05) is 36.5 Å². The Balaban J connectivity index is 2.08. The second-order valence-corrected chi connectivity index (χ2v) is 4.20. The summed E-state index contributed by atoms with van der Waals surface area (Å²) in [5, 5.41) is 0. The molecule has 0 atom stereocenters. The van der Waals surface area contributed by atoms with Gasteiger partial charge in [0.1, 0.15) is 0 Å². The van der Waals surface area contributed by atoms with Crippen LogP contribution in [0.5, 0.6) is 0 Å². The molecule has 0 heterocycles. The molecule has 0 heteroatoms. The summed E-state index contributed by atoms with van der Waals surface area (Å²) >= 11 is 0. The van der Waals surface area contributed by atoms with Crippen LogP contribution in [0.3, 0.4) is 0 Å². The Morgan fingerprint density at radius 3 is 1.57 bits per heavy atom. The van der Waals surface area contributed by atoms with E-state index in [-0.39, 0.29) is 0 Å². The summed E-state index contributed by atoms with van der Waals surface area (Å²) in [6.45, 7) is 0. The molecule has 3 aliphatic carbocycles. The zero-order valence-corrected chi connectivity index (χ0v) is 7.88. The maximum absolute atomic E-state index is 2.26. The summed E-state index contributed by atoms with van der Waals surface area (Å²) in [4.78, 5) is 0. The average Bonchev–Trinajstić information content (AvgIpc) is 2.94. The molecule has 0 radical (unpaired) electrons. The molecule has 1 aromatic carbocycles. The van der Waals surface area contributed by atoms with Crippen LogP contribution in [0.4, 0.5) is 0 Å². The van der Waals surface area contributed by atoms with Crippen molar-refractivity contribution in [2.45, 2.75) is 12.8 Å². The molecular formula is C14H10. The van der Waals surface area contributed by atoms with Crippen LogP contribution >= 0.6 is 0 Å². The van der Waals surface area contributed by atoms with Gasteiger partial charge in [0.15, 0.2) is 0 Å². The number of rotatable bonds is 0. The third-order valence-electron chi connectivity index (χ3n) is 3.35. The smallest absolute Gasteiger partial charge is 0.00106 e. The van der Waals surface area contributed by atoms with E-state index in [0.29, 0.717) is 0 Å². The van der Waals surface area contributed by atoms with Gasteiger partial charge in [0.05, 0.1) is 0 Å². The van der Waals surface area contributed by atoms with E-state index in [9.17, 15) is 0 Å². The van der Waals surface area contributed by atoms with Crippen LogP contribution in [-0.4, -0.2) is 0 Å². The first-order valence-corrected chi connectivity index (χ1v) is 5.16. The highest BCUT2D eigenvalue weighted by Gasteiger charge is 2.36. The van der Waals surface area contributed by atoms with Crippen molar-refractivity contribution in [3.05, 3.63) is 57.7 Å². The molecule has 0 saturated heterocycles. The Morgan fingerprint density at radius 1 is 0.571 bits per heavy atom. The highest BCUT2D eigenvalue weighted by molar-refractivity contribution is 5.83. The first-order chi connectivity index (χ1) is 6.95. The van der Waals surface area contributed by atoms with E-state index in [1.165, 1.54) is 24.0 Å². The number of hydrogen-bond acceptors (Lipinski definition) is 0. The van der Waals surface area contributed by atoms with Crippen LogP contribution in [0.25, 0.3) is 12.2 Å². The van der Waals surface area contributed by atoms with E-state index in [4.69, 9.17) is 0 Å². The minimum Gasteiger partial charge on any atom is -0.0622 e. The number of fused-ring (bicyclic) bond motifs is 6. The van der Waals surface area contributed by atoms with E-state index in [2.05, 4.69) is 36.5 Å². The second-order valence-electron chi connectivity index (χ2n) is 4.20. The Bertz CT molecular complexity index is 491. The summed E-state index contributed by atoms with van der Waals surface area (Å²) < 4.78 is 0. The molecule has 1 aromatic rings. The van der Waals surface area contributed by atoms with Crippen LogP contribution < -0.4 is 0 Å². The van der Waals surface area contributed by atoms with Crippen LogP contribution in [-0.2, 0) is 12.8 Å². The van der Waals surface area contributed by atoms with Crippen molar-refractivity contribution in [2.75, 3.05) is 0 Å². The minimum atomic E-state index is 1.25. The van der Waals surface area contributed by atoms with Gasteiger partial charge in [0.2, 0.25) is 0 Å². The first kappa shape index (κ1) is 6.83. The van der Waals surface area contributed by atoms with Crippen LogP contribution in [0.2, 0.25) is 0 Å². The molecular weight excluding hydrogens is 168 g/mol. The minimum absolute atomic E-state index is 1.25. The topological polar surface area (TPSA) is 0 Å². The van der Waals surface area contributed by atoms with Crippen molar-refractivity contribution in [3.63, 3.8) is 0 Å². The lowest BCUT2D eigenvalue weighted by Crippen LogP contribution is -1.81. The Hall–Kier alpha value is -1.56. The van der Waals surface area contributed by atoms with E-state index in [1.54, 1.807) is 22.3 Å². The van der Waals surface area contributed by atoms with Gasteiger partial charge in [-0.05, 0) is 46.2 Å². The van der Waals surface area contributed by atoms with Crippen molar-refractivity contribution in [2.24, 2.45) is 0 Å². The Morgan fingerprint density at radius 2 is 1.07 bits per heavy atom. The summed E-state index contributed by atoms with van der Waals surface area (Å²) in [7, 11) is 0. The van der Waals surface area contributed by atoms with Crippen LogP contribution in [0.1, 0.15) is 33.4 Å². The fraction of sp³-hybridized carbons (Fsp3) is 0.143. The largest absolute Gasteiger partial charge is 0.0622 e. The number of benzene rings is 1. The zero-order valence-electron chi connectivity index (χ0n) is 7.88. The summed E-state index contributed by atoms with van der Waals surface area (Å²) in [5.41, 5.74) is 9.48. The van der Waals surface area contributed by atoms with Gasteiger partial charge >= 0.3 is 0 Å². The highest BCUT2D eigenvalue weighted by atomic mass is 14.4. The molecule has 0 N–H and O–H groups in total. The van der Waals surface area contributed by atoms with E-state index in [0.717, 1.165) is 0 Å². The quantitative estimate of drug-likeness (QED) is 0.496. The Kier molecular flexibility index (Phi) is 1.02. The van der Waals surface area contributed by atoms with E-state index < -0.39 is 0 Å². The molecule has 0 nitrogen and oxygen atoms in total. The van der Waals surface area contributed by atoms with Gasteiger partial charge in [0, 0.05) is 0 Å². The normalized spacial score (nSPS) is 18.0. The molecule has 0 saturated carbocycles. The average molecular weight is 178 g/mol. The van der Waals surface area contributed by atoms with Gasteiger partial charge in [-0.3, -0.25) is 0 Å². The lowest BCUT2D eigenvalue weighted by molar-refractivity contribution is 1.49. The van der Waals surface area contributed by atoms with Gasteiger partial charge in [0.25, 0.3) is 0 Å². The SMILES string of the molecule is C1=CC=Cc2c(c3c(c4c2C4)C3)C=C1. The van der Waals surface area contributed by atoms with Crippen LogP contribution in [0, 0.1) is 0 Å². The molecule has 14 heavy (non-hydrogen) atoms. The van der Waals surface area contributed by atoms with Crippen molar-refractivity contribution in [1.82, 2.24) is 0 Å². The molecule has 0 unspecified atom stereocenters. The lowest BCUT2D eigenvalue weighted by atomic mass is 10.0. The zero-order chi connectivity index (χ0) is 9.12. The standard InChI is InChI=1S/C14H10/c1-2-4-6-10-9(5-3-1)11-7-13(11)14-8-12(10)14/h1-6H,7-8H2. The number of hydrogen-bond donors (Lipinski definition) is 0. The fourth-order valence-corrected chi connectivity index (χ4v) is 2.50. The molecule has 0 aliphatic heterocycles. The molecule has 3 aliphatic rings. The molecule has 0 aromatic heterocycles. The van der Waals surface area contributed by atoms with Gasteiger partial charge in [-0.15, -0.1) is 0 Å². The van der Waals surface area contributed by atoms with Crippen LogP contribution in [0.15, 0.2) is 24.3 Å². The van der Waals surface area contributed by atoms with Crippen molar-refractivity contribution in [1.29, 1.82) is 0 Å². The monoisotopic (exact) mass is 178 g/mol. The second kappa shape index (κ2) is 2.09. The predicted molar refractivity (Wildman–Crippen MR) is 59.3 cm³/mol. The maximum atomic E-state index is 2.26. The molecule has 0 bridgehead atoms. The lowest BCUT2D eigenvalue weighted by Gasteiger charge is -2.00. The highest BCUT2D eigenvalue weighted by Crippen LogP contribution is 2.49.